The summed E-state index contributed by atoms with van der Waals surface area (Å²) in [6, 6.07) is 13.6. The highest BCUT2D eigenvalue weighted by atomic mass is 19.1. The van der Waals surface area contributed by atoms with Crippen LogP contribution in [0.1, 0.15) is 31.4 Å². The minimum atomic E-state index is -0.276. The zero-order chi connectivity index (χ0) is 16.9. The zero-order valence-electron chi connectivity index (χ0n) is 13.7. The van der Waals surface area contributed by atoms with Gasteiger partial charge in [-0.15, -0.1) is 0 Å². The molecule has 1 fully saturated rings. The van der Waals surface area contributed by atoms with Crippen LogP contribution in [0.5, 0.6) is 5.75 Å². The van der Waals surface area contributed by atoms with Gasteiger partial charge in [0.25, 0.3) is 0 Å². The Bertz CT molecular complexity index is 720. The molecule has 1 heterocycles. The molecule has 0 aromatic heterocycles. The van der Waals surface area contributed by atoms with Crippen LogP contribution >= 0.6 is 0 Å². The van der Waals surface area contributed by atoms with Gasteiger partial charge in [-0.25, -0.2) is 9.18 Å². The van der Waals surface area contributed by atoms with Crippen LogP contribution in [0.25, 0.3) is 0 Å². The van der Waals surface area contributed by atoms with Crippen molar-refractivity contribution in [3.8, 4) is 5.75 Å². The number of rotatable bonds is 4. The molecule has 3 rings (SSSR count). The van der Waals surface area contributed by atoms with E-state index >= 15 is 0 Å². The number of para-hydroxylation sites is 2. The first-order valence-electron chi connectivity index (χ1n) is 8.24. The summed E-state index contributed by atoms with van der Waals surface area (Å²) in [5, 5.41) is 2.92. The van der Waals surface area contributed by atoms with Gasteiger partial charge in [-0.3, -0.25) is 0 Å². The number of anilines is 1. The molecule has 4 nitrogen and oxygen atoms in total. The first kappa shape index (κ1) is 16.3. The summed E-state index contributed by atoms with van der Waals surface area (Å²) in [5.41, 5.74) is 1.48. The molecule has 0 saturated carbocycles. The smallest absolute Gasteiger partial charge is 0.322 e. The fourth-order valence-corrected chi connectivity index (χ4v) is 3.11. The molecule has 1 unspecified atom stereocenters. The number of urea groups is 1. The number of nitrogens with zero attached hydrogens (tertiary/aromatic N) is 1. The predicted octanol–water partition coefficient (Wildman–Crippen LogP) is 4.59. The molecule has 0 spiro atoms. The molecule has 2 aromatic carbocycles. The fraction of sp³-hybridized carbons (Fsp3) is 0.316. The number of amides is 2. The molecular weight excluding hydrogens is 307 g/mol. The maximum atomic E-state index is 13.5. The minimum Gasteiger partial charge on any atom is -0.492 e. The van der Waals surface area contributed by atoms with Gasteiger partial charge in [-0.1, -0.05) is 24.3 Å². The highest BCUT2D eigenvalue weighted by molar-refractivity contribution is 5.91. The lowest BCUT2D eigenvalue weighted by atomic mass is 10.0. The van der Waals surface area contributed by atoms with E-state index in [2.05, 4.69) is 5.32 Å². The maximum Gasteiger partial charge on any atom is 0.322 e. The van der Waals surface area contributed by atoms with Crippen molar-refractivity contribution in [1.29, 1.82) is 0 Å². The third kappa shape index (κ3) is 3.50. The normalized spacial score (nSPS) is 16.9. The highest BCUT2D eigenvalue weighted by Gasteiger charge is 2.30. The number of nitrogens with one attached hydrogen (secondary N) is 1. The predicted molar refractivity (Wildman–Crippen MR) is 91.7 cm³/mol. The van der Waals surface area contributed by atoms with Gasteiger partial charge < -0.3 is 15.0 Å². The van der Waals surface area contributed by atoms with Crippen LogP contribution in [0, 0.1) is 5.82 Å². The number of halogens is 1. The summed E-state index contributed by atoms with van der Waals surface area (Å²) in [6.45, 7) is 3.09. The highest BCUT2D eigenvalue weighted by Crippen LogP contribution is 2.33. The van der Waals surface area contributed by atoms with Crippen LogP contribution < -0.4 is 10.1 Å². The second kappa shape index (κ2) is 7.34. The van der Waals surface area contributed by atoms with Gasteiger partial charge in [0.05, 0.1) is 18.3 Å². The molecule has 1 saturated heterocycles. The van der Waals surface area contributed by atoms with Gasteiger partial charge in [0.2, 0.25) is 0 Å². The van der Waals surface area contributed by atoms with Crippen LogP contribution in [0.4, 0.5) is 14.9 Å². The summed E-state index contributed by atoms with van der Waals surface area (Å²) in [7, 11) is 0. The number of carbonyl (C=O) groups excluding carboxylic acids is 1. The average Bonchev–Trinajstić information content (AvgIpc) is 3.07. The summed E-state index contributed by atoms with van der Waals surface area (Å²) < 4.78 is 19.0. The summed E-state index contributed by atoms with van der Waals surface area (Å²) in [6.07, 6.45) is 1.74. The zero-order valence-corrected chi connectivity index (χ0v) is 13.7. The first-order chi connectivity index (χ1) is 11.7. The largest absolute Gasteiger partial charge is 0.492 e. The second-order valence-electron chi connectivity index (χ2n) is 5.77. The van der Waals surface area contributed by atoms with Crippen molar-refractivity contribution in [2.45, 2.75) is 25.8 Å². The molecule has 1 aliphatic rings. The van der Waals surface area contributed by atoms with E-state index in [1.54, 1.807) is 11.0 Å². The first-order valence-corrected chi connectivity index (χ1v) is 8.24. The van der Waals surface area contributed by atoms with Crippen LogP contribution in [-0.4, -0.2) is 24.1 Å². The third-order valence-corrected chi connectivity index (χ3v) is 4.18. The number of carbonyl (C=O) groups is 1. The molecule has 2 amide bonds. The van der Waals surface area contributed by atoms with Crippen molar-refractivity contribution in [2.24, 2.45) is 0 Å². The van der Waals surface area contributed by atoms with Crippen molar-refractivity contribution in [1.82, 2.24) is 4.90 Å². The molecule has 1 atom stereocenters. The Morgan fingerprint density at radius 1 is 1.29 bits per heavy atom. The third-order valence-electron chi connectivity index (χ3n) is 4.18. The van der Waals surface area contributed by atoms with Crippen molar-refractivity contribution in [3.63, 3.8) is 0 Å². The van der Waals surface area contributed by atoms with Gasteiger partial charge in [0.1, 0.15) is 11.6 Å². The Labute approximate surface area is 141 Å². The molecule has 24 heavy (non-hydrogen) atoms. The van der Waals surface area contributed by atoms with Gasteiger partial charge >= 0.3 is 6.03 Å². The van der Waals surface area contributed by atoms with Crippen LogP contribution in [0.2, 0.25) is 0 Å². The Kier molecular flexibility index (Phi) is 4.99. The lowest BCUT2D eigenvalue weighted by Gasteiger charge is -2.26. The minimum absolute atomic E-state index is 0.0973. The topological polar surface area (TPSA) is 41.6 Å². The molecule has 0 radical (unpaired) electrons. The second-order valence-corrected chi connectivity index (χ2v) is 5.77. The lowest BCUT2D eigenvalue weighted by molar-refractivity contribution is 0.207. The van der Waals surface area contributed by atoms with Crippen molar-refractivity contribution in [3.05, 3.63) is 59.9 Å². The van der Waals surface area contributed by atoms with E-state index in [4.69, 9.17) is 4.74 Å². The molecule has 126 valence electrons. The van der Waals surface area contributed by atoms with Gasteiger partial charge in [0, 0.05) is 6.54 Å². The standard InChI is InChI=1S/C19H21FN2O2/c1-2-24-18-11-4-3-9-16(18)21-19(23)22-12-6-10-17(22)14-7-5-8-15(20)13-14/h3-5,7-9,11,13,17H,2,6,10,12H2,1H3,(H,21,23). The van der Waals surface area contributed by atoms with Gasteiger partial charge in [0.15, 0.2) is 0 Å². The summed E-state index contributed by atoms with van der Waals surface area (Å²) in [4.78, 5) is 14.5. The van der Waals surface area contributed by atoms with E-state index in [0.29, 0.717) is 24.6 Å². The molecule has 5 heteroatoms. The maximum absolute atomic E-state index is 13.5. The molecule has 2 aromatic rings. The Balaban J connectivity index is 1.77. The Morgan fingerprint density at radius 3 is 2.92 bits per heavy atom. The number of hydrogen-bond acceptors (Lipinski definition) is 2. The lowest BCUT2D eigenvalue weighted by Crippen LogP contribution is -2.34. The van der Waals surface area contributed by atoms with E-state index < -0.39 is 0 Å². The molecule has 0 aliphatic carbocycles. The van der Waals surface area contributed by atoms with Crippen LogP contribution in [0.15, 0.2) is 48.5 Å². The van der Waals surface area contributed by atoms with Crippen LogP contribution in [0.3, 0.4) is 0 Å². The Hall–Kier alpha value is -2.56. The van der Waals surface area contributed by atoms with E-state index in [1.165, 1.54) is 12.1 Å². The van der Waals surface area contributed by atoms with Crippen molar-refractivity contribution >= 4 is 11.7 Å². The number of likely N-dealkylation sites (tertiary alicyclic amines) is 1. The quantitative estimate of drug-likeness (QED) is 0.891. The molecule has 0 bridgehead atoms. The molecular formula is C19H21FN2O2. The number of ether oxygens (including phenoxy) is 1. The SMILES string of the molecule is CCOc1ccccc1NC(=O)N1CCCC1c1cccc(F)c1. The van der Waals surface area contributed by atoms with E-state index in [1.807, 2.05) is 37.3 Å². The van der Waals surface area contributed by atoms with Gasteiger partial charge in [-0.2, -0.15) is 0 Å². The Morgan fingerprint density at radius 2 is 2.12 bits per heavy atom. The molecule has 1 aliphatic heterocycles. The number of hydrogen-bond donors (Lipinski definition) is 1. The van der Waals surface area contributed by atoms with Crippen molar-refractivity contribution < 1.29 is 13.9 Å². The average molecular weight is 328 g/mol. The van der Waals surface area contributed by atoms with E-state index in [-0.39, 0.29) is 17.9 Å². The summed E-state index contributed by atoms with van der Waals surface area (Å²) >= 11 is 0. The van der Waals surface area contributed by atoms with E-state index in [0.717, 1.165) is 18.4 Å². The monoisotopic (exact) mass is 328 g/mol. The van der Waals surface area contributed by atoms with E-state index in [9.17, 15) is 9.18 Å². The molecule has 1 N–H and O–H groups in total. The van der Waals surface area contributed by atoms with Gasteiger partial charge in [-0.05, 0) is 49.6 Å². The van der Waals surface area contributed by atoms with Crippen LogP contribution in [-0.2, 0) is 0 Å². The summed E-state index contributed by atoms with van der Waals surface area (Å²) in [5.74, 6) is 0.372. The van der Waals surface area contributed by atoms with Crippen molar-refractivity contribution in [2.75, 3.05) is 18.5 Å². The number of benzene rings is 2. The fourth-order valence-electron chi connectivity index (χ4n) is 3.11.